The van der Waals surface area contributed by atoms with Gasteiger partial charge in [-0.05, 0) is 37.8 Å². The first kappa shape index (κ1) is 10.1. The Morgan fingerprint density at radius 3 is 1.20 bits per heavy atom. The van der Waals surface area contributed by atoms with Gasteiger partial charge in [0.1, 0.15) is 0 Å². The van der Waals surface area contributed by atoms with Gasteiger partial charge < -0.3 is 17.2 Å². The molecule has 6 N–H and O–H groups in total. The second-order valence-corrected chi connectivity index (χ2v) is 6.06. The van der Waals surface area contributed by atoms with Crippen LogP contribution in [0, 0.1) is 0 Å². The molecule has 62 valence electrons. The van der Waals surface area contributed by atoms with Gasteiger partial charge in [0.25, 0.3) is 0 Å². The Morgan fingerprint density at radius 1 is 0.700 bits per heavy atom. The van der Waals surface area contributed by atoms with Crippen molar-refractivity contribution >= 4 is 8.80 Å². The lowest BCUT2D eigenvalue weighted by Gasteiger charge is -2.10. The van der Waals surface area contributed by atoms with Gasteiger partial charge in [0.2, 0.25) is 0 Å². The molecule has 0 spiro atoms. The first-order valence-corrected chi connectivity index (χ1v) is 6.40. The lowest BCUT2D eigenvalue weighted by atomic mass is 10.8. The summed E-state index contributed by atoms with van der Waals surface area (Å²) < 4.78 is 0. The average molecular weight is 161 g/mol. The maximum Gasteiger partial charge on any atom is 0.0405 e. The topological polar surface area (TPSA) is 78.1 Å². The minimum absolute atomic E-state index is 0.609. The van der Waals surface area contributed by atoms with E-state index in [9.17, 15) is 0 Å². The number of nitrogens with two attached hydrogens (primary N) is 3. The average Bonchev–Trinajstić information content (AvgIpc) is 1.90. The molecule has 4 heteroatoms. The van der Waals surface area contributed by atoms with Crippen LogP contribution < -0.4 is 17.2 Å². The predicted octanol–water partition coefficient (Wildman–Crippen LogP) is -0.910. The fraction of sp³-hybridized carbons (Fsp3) is 1.00. The smallest absolute Gasteiger partial charge is 0.0405 e. The van der Waals surface area contributed by atoms with E-state index in [4.69, 9.17) is 17.2 Å². The summed E-state index contributed by atoms with van der Waals surface area (Å²) in [4.78, 5) is 0. The first-order valence-electron chi connectivity index (χ1n) is 3.95. The number of hydrogen-bond acceptors (Lipinski definition) is 3. The van der Waals surface area contributed by atoms with Crippen molar-refractivity contribution in [3.05, 3.63) is 0 Å². The van der Waals surface area contributed by atoms with Crippen LogP contribution in [0.25, 0.3) is 0 Å². The lowest BCUT2D eigenvalue weighted by Crippen LogP contribution is -2.23. The molecule has 0 saturated carbocycles. The van der Waals surface area contributed by atoms with Crippen LogP contribution in [0.2, 0.25) is 18.1 Å². The Morgan fingerprint density at radius 2 is 1.00 bits per heavy atom. The van der Waals surface area contributed by atoms with Crippen molar-refractivity contribution in [2.45, 2.75) is 18.1 Å². The molecule has 0 aliphatic heterocycles. The van der Waals surface area contributed by atoms with Crippen molar-refractivity contribution in [1.82, 2.24) is 0 Å². The molecule has 0 aromatic heterocycles. The minimum atomic E-state index is -0.609. The molecule has 0 saturated heterocycles. The number of hydrogen-bond donors (Lipinski definition) is 3. The molecule has 0 unspecified atom stereocenters. The molecule has 0 fully saturated rings. The third kappa shape index (κ3) is 4.93. The van der Waals surface area contributed by atoms with Crippen LogP contribution in [0.1, 0.15) is 0 Å². The van der Waals surface area contributed by atoms with Crippen molar-refractivity contribution in [2.24, 2.45) is 17.2 Å². The largest absolute Gasteiger partial charge is 0.331 e. The summed E-state index contributed by atoms with van der Waals surface area (Å²) >= 11 is 0. The quantitative estimate of drug-likeness (QED) is 0.441. The Kier molecular flexibility index (Phi) is 7.28. The van der Waals surface area contributed by atoms with Crippen LogP contribution in [0.5, 0.6) is 0 Å². The van der Waals surface area contributed by atoms with Crippen molar-refractivity contribution in [2.75, 3.05) is 19.6 Å². The molecule has 0 amide bonds. The van der Waals surface area contributed by atoms with Crippen LogP contribution in [0.3, 0.4) is 0 Å². The summed E-state index contributed by atoms with van der Waals surface area (Å²) in [5, 5.41) is 0. The molecule has 0 aromatic rings. The molecule has 0 rings (SSSR count). The maximum absolute atomic E-state index is 5.44. The van der Waals surface area contributed by atoms with Gasteiger partial charge in [-0.1, -0.05) is 0 Å². The summed E-state index contributed by atoms with van der Waals surface area (Å²) in [5.74, 6) is 0. The van der Waals surface area contributed by atoms with E-state index in [0.29, 0.717) is 0 Å². The summed E-state index contributed by atoms with van der Waals surface area (Å²) in [6.07, 6.45) is 0. The molecule has 0 bridgehead atoms. The van der Waals surface area contributed by atoms with Gasteiger partial charge in [-0.3, -0.25) is 0 Å². The Hall–Kier alpha value is 0.0969. The van der Waals surface area contributed by atoms with Crippen LogP contribution in [0.4, 0.5) is 0 Å². The van der Waals surface area contributed by atoms with E-state index in [1.54, 1.807) is 0 Å². The summed E-state index contributed by atoms with van der Waals surface area (Å²) in [6, 6.07) is 3.61. The zero-order valence-electron chi connectivity index (χ0n) is 6.55. The monoisotopic (exact) mass is 161 g/mol. The van der Waals surface area contributed by atoms with E-state index in [1.807, 2.05) is 0 Å². The van der Waals surface area contributed by atoms with Gasteiger partial charge in [-0.25, -0.2) is 0 Å². The highest BCUT2D eigenvalue weighted by Crippen LogP contribution is 2.01. The molecule has 0 heterocycles. The summed E-state index contributed by atoms with van der Waals surface area (Å²) in [7, 11) is -0.609. The summed E-state index contributed by atoms with van der Waals surface area (Å²) in [6.45, 7) is 2.45. The highest BCUT2D eigenvalue weighted by molar-refractivity contribution is 6.59. The molecule has 0 atom stereocenters. The van der Waals surface area contributed by atoms with Crippen LogP contribution >= 0.6 is 0 Å². The van der Waals surface area contributed by atoms with Crippen molar-refractivity contribution in [1.29, 1.82) is 0 Å². The van der Waals surface area contributed by atoms with Crippen molar-refractivity contribution < 1.29 is 0 Å². The molecule has 0 aromatic carbocycles. The van der Waals surface area contributed by atoms with Crippen molar-refractivity contribution in [3.63, 3.8) is 0 Å². The maximum atomic E-state index is 5.44. The van der Waals surface area contributed by atoms with Gasteiger partial charge in [0, 0.05) is 8.80 Å². The van der Waals surface area contributed by atoms with Gasteiger partial charge in [0.05, 0.1) is 0 Å². The third-order valence-corrected chi connectivity index (χ3v) is 5.17. The standard InChI is InChI=1S/C6H19N3Si/c7-1-4-10(5-2-8)6-3-9/h10H,1-9H2. The van der Waals surface area contributed by atoms with E-state index in [1.165, 1.54) is 18.1 Å². The highest BCUT2D eigenvalue weighted by Gasteiger charge is 2.06. The van der Waals surface area contributed by atoms with Crippen LogP contribution in [0.15, 0.2) is 0 Å². The van der Waals surface area contributed by atoms with Gasteiger partial charge in [0.15, 0.2) is 0 Å². The SMILES string of the molecule is NCC[SiH](CCN)CCN. The molecular weight excluding hydrogens is 142 g/mol. The molecular formula is C6H19N3Si. The van der Waals surface area contributed by atoms with E-state index in [2.05, 4.69) is 0 Å². The second-order valence-electron chi connectivity index (χ2n) is 2.60. The highest BCUT2D eigenvalue weighted by atomic mass is 28.3. The van der Waals surface area contributed by atoms with E-state index in [0.717, 1.165) is 19.6 Å². The van der Waals surface area contributed by atoms with E-state index < -0.39 is 8.80 Å². The molecule has 3 nitrogen and oxygen atoms in total. The minimum Gasteiger partial charge on any atom is -0.331 e. The lowest BCUT2D eigenvalue weighted by molar-refractivity contribution is 1.01. The first-order chi connectivity index (χ1) is 4.85. The Balaban J connectivity index is 3.30. The second kappa shape index (κ2) is 7.21. The van der Waals surface area contributed by atoms with Gasteiger partial charge >= 0.3 is 0 Å². The van der Waals surface area contributed by atoms with E-state index >= 15 is 0 Å². The fourth-order valence-electron chi connectivity index (χ4n) is 1.14. The molecule has 0 aliphatic rings. The van der Waals surface area contributed by atoms with Gasteiger partial charge in [-0.15, -0.1) is 0 Å². The van der Waals surface area contributed by atoms with Crippen LogP contribution in [-0.2, 0) is 0 Å². The van der Waals surface area contributed by atoms with Crippen LogP contribution in [-0.4, -0.2) is 28.4 Å². The normalized spacial score (nSPS) is 10.8. The van der Waals surface area contributed by atoms with Crippen molar-refractivity contribution in [3.8, 4) is 0 Å². The van der Waals surface area contributed by atoms with Gasteiger partial charge in [-0.2, -0.15) is 0 Å². The van der Waals surface area contributed by atoms with E-state index in [-0.39, 0.29) is 0 Å². The number of rotatable bonds is 6. The molecule has 0 radical (unpaired) electrons. The third-order valence-electron chi connectivity index (χ3n) is 1.72. The molecule has 10 heavy (non-hydrogen) atoms. The predicted molar refractivity (Wildman–Crippen MR) is 48.7 cm³/mol. The Bertz CT molecular complexity index is 55.7. The Labute approximate surface area is 64.6 Å². The summed E-state index contributed by atoms with van der Waals surface area (Å²) in [5.41, 5.74) is 16.3. The zero-order valence-corrected chi connectivity index (χ0v) is 7.71. The fourth-order valence-corrected chi connectivity index (χ4v) is 3.42. The molecule has 0 aliphatic carbocycles. The zero-order chi connectivity index (χ0) is 7.82.